The summed E-state index contributed by atoms with van der Waals surface area (Å²) < 4.78 is 0. The molecule has 3 nitrogen and oxygen atoms in total. The second kappa shape index (κ2) is 6.49. The van der Waals surface area contributed by atoms with Gasteiger partial charge < -0.3 is 5.73 Å². The molecule has 5 heteroatoms. The third kappa shape index (κ3) is 3.08. The summed E-state index contributed by atoms with van der Waals surface area (Å²) in [7, 11) is 0. The molecule has 0 amide bonds. The molecule has 2 aromatic heterocycles. The summed E-state index contributed by atoms with van der Waals surface area (Å²) in [4.78, 5) is 11.9. The molecule has 1 aliphatic carbocycles. The average Bonchev–Trinajstić information content (AvgIpc) is 2.94. The van der Waals surface area contributed by atoms with Gasteiger partial charge in [-0.25, -0.2) is 9.97 Å². The average molecular weight is 342 g/mol. The number of aromatic nitrogens is 2. The molecule has 23 heavy (non-hydrogen) atoms. The van der Waals surface area contributed by atoms with Crippen molar-refractivity contribution >= 4 is 39.1 Å². The molecule has 2 heterocycles. The van der Waals surface area contributed by atoms with Crippen molar-refractivity contribution in [3.8, 4) is 0 Å². The Hall–Kier alpha value is -1.59. The minimum absolute atomic E-state index is 0.664. The predicted molar refractivity (Wildman–Crippen MR) is 99.3 cm³/mol. The van der Waals surface area contributed by atoms with Gasteiger partial charge in [0.05, 0.1) is 5.39 Å². The van der Waals surface area contributed by atoms with E-state index in [1.54, 1.807) is 11.8 Å². The van der Waals surface area contributed by atoms with Crippen molar-refractivity contribution in [3.05, 3.63) is 46.3 Å². The highest BCUT2D eigenvalue weighted by atomic mass is 32.2. The van der Waals surface area contributed by atoms with E-state index in [0.29, 0.717) is 5.82 Å². The first-order valence-electron chi connectivity index (χ1n) is 8.06. The molecule has 1 aliphatic rings. The molecule has 0 radical (unpaired) electrons. The van der Waals surface area contributed by atoms with Gasteiger partial charge in [-0.05, 0) is 43.2 Å². The topological polar surface area (TPSA) is 51.8 Å². The number of fused-ring (bicyclic) bond motifs is 3. The number of hydrogen-bond donors (Lipinski definition) is 1. The first-order chi connectivity index (χ1) is 11.3. The zero-order valence-corrected chi connectivity index (χ0v) is 14.6. The minimum Gasteiger partial charge on any atom is -0.383 e. The maximum atomic E-state index is 6.25. The summed E-state index contributed by atoms with van der Waals surface area (Å²) in [6.07, 6.45) is 5.86. The number of nitrogens with two attached hydrogens (primary N) is 1. The smallest absolute Gasteiger partial charge is 0.190 e. The Morgan fingerprint density at radius 1 is 1.09 bits per heavy atom. The van der Waals surface area contributed by atoms with Crippen LogP contribution in [0.2, 0.25) is 0 Å². The molecule has 0 saturated carbocycles. The van der Waals surface area contributed by atoms with Gasteiger partial charge in [-0.2, -0.15) is 0 Å². The highest BCUT2D eigenvalue weighted by Crippen LogP contribution is 2.38. The van der Waals surface area contributed by atoms with Gasteiger partial charge in [0.15, 0.2) is 5.16 Å². The number of nitrogen functional groups attached to an aromatic ring is 1. The molecule has 0 bridgehead atoms. The maximum Gasteiger partial charge on any atom is 0.190 e. The number of thiophene rings is 1. The summed E-state index contributed by atoms with van der Waals surface area (Å²) in [5.74, 6) is 1.64. The van der Waals surface area contributed by atoms with E-state index < -0.39 is 0 Å². The number of rotatable bonds is 4. The Morgan fingerprint density at radius 2 is 1.91 bits per heavy atom. The van der Waals surface area contributed by atoms with Crippen molar-refractivity contribution in [1.82, 2.24) is 9.97 Å². The molecule has 4 rings (SSSR count). The van der Waals surface area contributed by atoms with Gasteiger partial charge in [0.1, 0.15) is 10.6 Å². The fourth-order valence-electron chi connectivity index (χ4n) is 3.13. The molecule has 0 unspecified atom stereocenters. The number of benzene rings is 1. The fraction of sp³-hybridized carbons (Fsp3) is 0.333. The van der Waals surface area contributed by atoms with Crippen LogP contribution < -0.4 is 5.73 Å². The van der Waals surface area contributed by atoms with Crippen molar-refractivity contribution in [3.63, 3.8) is 0 Å². The van der Waals surface area contributed by atoms with Crippen LogP contribution in [0.1, 0.15) is 28.8 Å². The lowest BCUT2D eigenvalue weighted by molar-refractivity contribution is 0.700. The van der Waals surface area contributed by atoms with Crippen LogP contribution in [0.5, 0.6) is 0 Å². The summed E-state index contributed by atoms with van der Waals surface area (Å²) >= 11 is 3.51. The molecule has 0 saturated heterocycles. The van der Waals surface area contributed by atoms with E-state index in [1.165, 1.54) is 35.3 Å². The quantitative estimate of drug-likeness (QED) is 0.561. The van der Waals surface area contributed by atoms with E-state index in [1.807, 2.05) is 17.4 Å². The number of anilines is 1. The van der Waals surface area contributed by atoms with Crippen LogP contribution in [-0.2, 0) is 19.3 Å². The fourth-order valence-corrected chi connectivity index (χ4v) is 5.30. The van der Waals surface area contributed by atoms with E-state index in [2.05, 4.69) is 29.2 Å². The highest BCUT2D eigenvalue weighted by Gasteiger charge is 2.20. The molecule has 3 aromatic rings. The van der Waals surface area contributed by atoms with Crippen LogP contribution in [0.15, 0.2) is 35.5 Å². The second-order valence-electron chi connectivity index (χ2n) is 5.87. The number of nitrogens with zero attached hydrogens (tertiary/aromatic N) is 2. The molecule has 118 valence electrons. The summed E-state index contributed by atoms with van der Waals surface area (Å²) in [5, 5.41) is 1.93. The van der Waals surface area contributed by atoms with Gasteiger partial charge >= 0.3 is 0 Å². The van der Waals surface area contributed by atoms with Crippen LogP contribution in [0.3, 0.4) is 0 Å². The van der Waals surface area contributed by atoms with Crippen molar-refractivity contribution in [2.24, 2.45) is 0 Å². The normalized spacial score (nSPS) is 14.1. The Labute approximate surface area is 144 Å². The lowest BCUT2D eigenvalue weighted by Crippen LogP contribution is -2.01. The molecule has 0 fully saturated rings. The zero-order chi connectivity index (χ0) is 15.6. The largest absolute Gasteiger partial charge is 0.383 e. The first-order valence-corrected chi connectivity index (χ1v) is 9.86. The van der Waals surface area contributed by atoms with Gasteiger partial charge in [0.2, 0.25) is 0 Å². The first kappa shape index (κ1) is 15.0. The lowest BCUT2D eigenvalue weighted by Gasteiger charge is -2.10. The Balaban J connectivity index is 1.54. The van der Waals surface area contributed by atoms with E-state index in [9.17, 15) is 0 Å². The molecule has 0 atom stereocenters. The van der Waals surface area contributed by atoms with Crippen LogP contribution in [0, 0.1) is 0 Å². The second-order valence-corrected chi connectivity index (χ2v) is 8.01. The van der Waals surface area contributed by atoms with Crippen LogP contribution in [0.4, 0.5) is 5.82 Å². The minimum atomic E-state index is 0.664. The highest BCUT2D eigenvalue weighted by molar-refractivity contribution is 7.99. The summed E-state index contributed by atoms with van der Waals surface area (Å²) in [5.41, 5.74) is 9.01. The Morgan fingerprint density at radius 3 is 2.78 bits per heavy atom. The van der Waals surface area contributed by atoms with Crippen molar-refractivity contribution in [1.29, 1.82) is 0 Å². The predicted octanol–water partition coefficient (Wildman–Crippen LogP) is 4.49. The Bertz CT molecular complexity index is 827. The number of thioether (sulfide) groups is 1. The summed E-state index contributed by atoms with van der Waals surface area (Å²) in [6.45, 7) is 0. The standard InChI is InChI=1S/C18H19N3S2/c19-16-15-13-8-4-5-9-14(13)23-17(15)21-18(20-16)22-11-10-12-6-2-1-3-7-12/h1-3,6-7H,4-5,8-11H2,(H2,19,20,21). The van der Waals surface area contributed by atoms with Gasteiger partial charge in [-0.3, -0.25) is 0 Å². The third-order valence-electron chi connectivity index (χ3n) is 4.29. The number of aryl methyl sites for hydroxylation is 3. The summed E-state index contributed by atoms with van der Waals surface area (Å²) in [6, 6.07) is 10.5. The lowest BCUT2D eigenvalue weighted by atomic mass is 9.97. The van der Waals surface area contributed by atoms with Gasteiger partial charge in [-0.1, -0.05) is 42.1 Å². The van der Waals surface area contributed by atoms with Crippen LogP contribution in [-0.4, -0.2) is 15.7 Å². The van der Waals surface area contributed by atoms with E-state index >= 15 is 0 Å². The van der Waals surface area contributed by atoms with E-state index in [-0.39, 0.29) is 0 Å². The SMILES string of the molecule is Nc1nc(SCCc2ccccc2)nc2sc3c(c12)CCCC3. The van der Waals surface area contributed by atoms with Crippen molar-refractivity contribution < 1.29 is 0 Å². The number of hydrogen-bond acceptors (Lipinski definition) is 5. The molecular weight excluding hydrogens is 322 g/mol. The monoisotopic (exact) mass is 341 g/mol. The molecule has 0 aliphatic heterocycles. The molecule has 0 spiro atoms. The molecular formula is C18H19N3S2. The maximum absolute atomic E-state index is 6.25. The Kier molecular flexibility index (Phi) is 4.23. The van der Waals surface area contributed by atoms with Crippen molar-refractivity contribution in [2.75, 3.05) is 11.5 Å². The van der Waals surface area contributed by atoms with Crippen LogP contribution in [0.25, 0.3) is 10.2 Å². The molecule has 2 N–H and O–H groups in total. The zero-order valence-electron chi connectivity index (χ0n) is 12.9. The van der Waals surface area contributed by atoms with Crippen molar-refractivity contribution in [2.45, 2.75) is 37.3 Å². The van der Waals surface area contributed by atoms with E-state index in [4.69, 9.17) is 10.7 Å². The third-order valence-corrected chi connectivity index (χ3v) is 6.32. The van der Waals surface area contributed by atoms with E-state index in [0.717, 1.165) is 34.0 Å². The van der Waals surface area contributed by atoms with Gasteiger partial charge in [0.25, 0.3) is 0 Å². The van der Waals surface area contributed by atoms with Gasteiger partial charge in [0, 0.05) is 10.6 Å². The van der Waals surface area contributed by atoms with Gasteiger partial charge in [-0.15, -0.1) is 11.3 Å². The molecule has 1 aromatic carbocycles. The van der Waals surface area contributed by atoms with Crippen LogP contribution >= 0.6 is 23.1 Å².